The lowest BCUT2D eigenvalue weighted by Gasteiger charge is -2.21. The van der Waals surface area contributed by atoms with E-state index in [0.29, 0.717) is 15.3 Å². The first-order valence-corrected chi connectivity index (χ1v) is 6.89. The quantitative estimate of drug-likeness (QED) is 0.475. The number of ether oxygens (including phenoxy) is 3. The lowest BCUT2D eigenvalue weighted by Crippen LogP contribution is -2.46. The van der Waals surface area contributed by atoms with Crippen LogP contribution in [0.25, 0.3) is 0 Å². The van der Waals surface area contributed by atoms with Crippen molar-refractivity contribution < 1.29 is 33.9 Å². The summed E-state index contributed by atoms with van der Waals surface area (Å²) in [6.45, 7) is -0.223. The van der Waals surface area contributed by atoms with Crippen LogP contribution >= 0.6 is 0 Å². The normalized spacial score (nSPS) is 31.8. The molecule has 0 unspecified atom stereocenters. The Kier molecular flexibility index (Phi) is 4.31. The van der Waals surface area contributed by atoms with Gasteiger partial charge in [-0.25, -0.2) is 13.8 Å². The Morgan fingerprint density at radius 1 is 1.30 bits per heavy atom. The highest BCUT2D eigenvalue weighted by molar-refractivity contribution is 4.95. The smallest absolute Gasteiger partial charge is 0.336 e. The summed E-state index contributed by atoms with van der Waals surface area (Å²) in [5.74, 6) is -1.07. The van der Waals surface area contributed by atoms with Gasteiger partial charge in [-0.1, -0.05) is 0 Å². The summed E-state index contributed by atoms with van der Waals surface area (Å²) < 4.78 is 30.8. The van der Waals surface area contributed by atoms with Crippen molar-refractivity contribution in [3.8, 4) is 0 Å². The molecule has 2 aliphatic rings. The summed E-state index contributed by atoms with van der Waals surface area (Å²) in [5.41, 5.74) is -1.66. The van der Waals surface area contributed by atoms with Gasteiger partial charge < -0.3 is 29.5 Å². The minimum absolute atomic E-state index is 0.181. The molecule has 23 heavy (non-hydrogen) atoms. The molecule has 4 N–H and O–H groups in total. The number of hydrogen-bond acceptors (Lipinski definition) is 8. The van der Waals surface area contributed by atoms with Crippen LogP contribution in [0.5, 0.6) is 0 Å². The molecule has 1 aromatic heterocycles. The summed E-state index contributed by atoms with van der Waals surface area (Å²) in [5, 5.41) is 36.5. The second-order valence-corrected chi connectivity index (χ2v) is 5.16. The second-order valence-electron chi connectivity index (χ2n) is 5.16. The van der Waals surface area contributed by atoms with E-state index in [1.165, 1.54) is 0 Å². The first-order chi connectivity index (χ1) is 11.0. The zero-order valence-corrected chi connectivity index (χ0v) is 11.8. The van der Waals surface area contributed by atoms with Gasteiger partial charge in [0, 0.05) is 0 Å². The summed E-state index contributed by atoms with van der Waals surface area (Å²) in [7, 11) is 0. The first kappa shape index (κ1) is 16.2. The van der Waals surface area contributed by atoms with Gasteiger partial charge in [-0.15, -0.1) is 0 Å². The highest BCUT2D eigenvalue weighted by Gasteiger charge is 2.44. The maximum absolute atomic E-state index is 14.0. The number of aliphatic hydroxyl groups is 3. The molecule has 0 amide bonds. The molecular weight excluding hydrogens is 317 g/mol. The molecule has 3 rings (SSSR count). The van der Waals surface area contributed by atoms with E-state index >= 15 is 0 Å². The van der Waals surface area contributed by atoms with Gasteiger partial charge in [-0.2, -0.15) is 0 Å². The van der Waals surface area contributed by atoms with Crippen molar-refractivity contribution in [1.82, 2.24) is 9.13 Å². The third kappa shape index (κ3) is 2.60. The largest absolute Gasteiger partial charge is 0.394 e. The Morgan fingerprint density at radius 3 is 2.52 bits per heavy atom. The third-order valence-electron chi connectivity index (χ3n) is 3.75. The number of nitrogens with zero attached hydrogens (tertiary/aromatic N) is 2. The molecule has 2 saturated heterocycles. The SMILES string of the molecule is N=c1c(F)cn([C@@H]2O[C@H](CO)[C@@H](O)[C@H]2O)c(=O)n1C1OCCO1. The minimum atomic E-state index is -1.56. The average Bonchev–Trinajstić information content (AvgIpc) is 3.14. The zero-order chi connectivity index (χ0) is 16.7. The van der Waals surface area contributed by atoms with Crippen LogP contribution in [-0.2, 0) is 14.2 Å². The molecule has 128 valence electrons. The van der Waals surface area contributed by atoms with E-state index in [2.05, 4.69) is 0 Å². The van der Waals surface area contributed by atoms with Crippen molar-refractivity contribution >= 4 is 0 Å². The standard InChI is InChI=1S/C12H16FN3O7/c13-5-3-15(10-8(19)7(18)6(4-17)23-10)11(20)16(9(5)14)12-21-1-2-22-12/h3,6-8,10,12,14,17-19H,1-2,4H2/t6-,7-,8-,10-/m1/s1. The van der Waals surface area contributed by atoms with Gasteiger partial charge in [0.2, 0.25) is 6.41 Å². The molecular formula is C12H16FN3O7. The Balaban J connectivity index is 2.07. The number of aromatic nitrogens is 2. The number of hydrogen-bond donors (Lipinski definition) is 4. The first-order valence-electron chi connectivity index (χ1n) is 6.89. The van der Waals surface area contributed by atoms with Crippen molar-refractivity contribution in [1.29, 1.82) is 5.41 Å². The Labute approximate surface area is 128 Å². The molecule has 2 aliphatic heterocycles. The Morgan fingerprint density at radius 2 is 1.96 bits per heavy atom. The van der Waals surface area contributed by atoms with E-state index < -0.39 is 54.6 Å². The van der Waals surface area contributed by atoms with Crippen molar-refractivity contribution in [3.63, 3.8) is 0 Å². The molecule has 0 saturated carbocycles. The molecule has 1 aromatic rings. The molecule has 0 bridgehead atoms. The number of nitrogens with one attached hydrogen (secondary N) is 1. The van der Waals surface area contributed by atoms with E-state index in [-0.39, 0.29) is 13.2 Å². The van der Waals surface area contributed by atoms with Gasteiger partial charge in [0.15, 0.2) is 17.5 Å². The fraction of sp³-hybridized carbons (Fsp3) is 0.667. The lowest BCUT2D eigenvalue weighted by atomic mass is 10.1. The van der Waals surface area contributed by atoms with E-state index in [1.807, 2.05) is 0 Å². The number of aliphatic hydroxyl groups excluding tert-OH is 3. The van der Waals surface area contributed by atoms with Crippen molar-refractivity contribution in [3.05, 3.63) is 28.0 Å². The van der Waals surface area contributed by atoms with E-state index in [1.54, 1.807) is 0 Å². The third-order valence-corrected chi connectivity index (χ3v) is 3.75. The van der Waals surface area contributed by atoms with Crippen LogP contribution in [0.4, 0.5) is 4.39 Å². The van der Waals surface area contributed by atoms with Gasteiger partial charge >= 0.3 is 5.69 Å². The van der Waals surface area contributed by atoms with E-state index in [0.717, 1.165) is 0 Å². The van der Waals surface area contributed by atoms with Crippen LogP contribution in [0.3, 0.4) is 0 Å². The van der Waals surface area contributed by atoms with Gasteiger partial charge in [-0.3, -0.25) is 9.98 Å². The lowest BCUT2D eigenvalue weighted by molar-refractivity contribution is -0.112. The molecule has 3 heterocycles. The fourth-order valence-electron chi connectivity index (χ4n) is 2.56. The molecule has 2 fully saturated rings. The average molecular weight is 333 g/mol. The van der Waals surface area contributed by atoms with E-state index in [4.69, 9.17) is 24.7 Å². The predicted molar refractivity (Wildman–Crippen MR) is 68.5 cm³/mol. The summed E-state index contributed by atoms with van der Waals surface area (Å²) in [6, 6.07) is 0. The monoisotopic (exact) mass is 333 g/mol. The van der Waals surface area contributed by atoms with Crippen LogP contribution in [0, 0.1) is 11.2 Å². The van der Waals surface area contributed by atoms with Crippen LogP contribution in [0.15, 0.2) is 11.0 Å². The molecule has 10 nitrogen and oxygen atoms in total. The van der Waals surface area contributed by atoms with Crippen molar-refractivity contribution in [2.75, 3.05) is 19.8 Å². The van der Waals surface area contributed by atoms with Crippen molar-refractivity contribution in [2.45, 2.75) is 31.0 Å². The number of rotatable bonds is 3. The highest BCUT2D eigenvalue weighted by Crippen LogP contribution is 2.28. The predicted octanol–water partition coefficient (Wildman–Crippen LogP) is -2.62. The van der Waals surface area contributed by atoms with Crippen LogP contribution in [0.1, 0.15) is 12.6 Å². The maximum Gasteiger partial charge on any atom is 0.336 e. The summed E-state index contributed by atoms with van der Waals surface area (Å²) in [6.07, 6.45) is -6.10. The molecule has 0 radical (unpaired) electrons. The number of halogens is 1. The topological polar surface area (TPSA) is 139 Å². The van der Waals surface area contributed by atoms with E-state index in [9.17, 15) is 19.4 Å². The fourth-order valence-corrected chi connectivity index (χ4v) is 2.56. The maximum atomic E-state index is 14.0. The molecule has 11 heteroatoms. The second kappa shape index (κ2) is 6.11. The molecule has 4 atom stereocenters. The van der Waals surface area contributed by atoms with Gasteiger partial charge in [0.25, 0.3) is 0 Å². The van der Waals surface area contributed by atoms with Crippen LogP contribution < -0.4 is 11.2 Å². The molecule has 0 aromatic carbocycles. The van der Waals surface area contributed by atoms with Gasteiger partial charge in [-0.05, 0) is 0 Å². The summed E-state index contributed by atoms with van der Waals surface area (Å²) >= 11 is 0. The Bertz CT molecular complexity index is 699. The van der Waals surface area contributed by atoms with Gasteiger partial charge in [0.1, 0.15) is 18.3 Å². The minimum Gasteiger partial charge on any atom is -0.394 e. The zero-order valence-electron chi connectivity index (χ0n) is 11.8. The Hall–Kier alpha value is -1.63. The van der Waals surface area contributed by atoms with Crippen molar-refractivity contribution in [2.24, 2.45) is 0 Å². The van der Waals surface area contributed by atoms with Gasteiger partial charge in [0.05, 0.1) is 26.0 Å². The molecule has 0 spiro atoms. The van der Waals surface area contributed by atoms with Crippen LogP contribution in [-0.4, -0.2) is 62.6 Å². The van der Waals surface area contributed by atoms with Crippen LogP contribution in [0.2, 0.25) is 0 Å². The highest BCUT2D eigenvalue weighted by atomic mass is 19.1. The molecule has 0 aliphatic carbocycles. The summed E-state index contributed by atoms with van der Waals surface area (Å²) in [4.78, 5) is 12.5.